The number of hydrogen-bond donors (Lipinski definition) is 3. The Kier molecular flexibility index (Phi) is 14.1. The Bertz CT molecular complexity index is 2420. The number of nitrogens with one attached hydrogen (secondary N) is 2. The molecule has 0 radical (unpaired) electrons. The van der Waals surface area contributed by atoms with Crippen LogP contribution in [-0.2, 0) is 11.4 Å². The van der Waals surface area contributed by atoms with Crippen molar-refractivity contribution in [2.75, 3.05) is 19.5 Å². The number of ether oxygens (including phenoxy) is 2. The van der Waals surface area contributed by atoms with Crippen molar-refractivity contribution in [2.45, 2.75) is 6.61 Å². The van der Waals surface area contributed by atoms with Gasteiger partial charge in [-0.15, -0.1) is 5.11 Å². The molecule has 0 saturated heterocycles. The van der Waals surface area contributed by atoms with Gasteiger partial charge in [0.2, 0.25) is 11.9 Å². The second-order valence-electron chi connectivity index (χ2n) is 11.8. The molecule has 0 saturated carbocycles. The Morgan fingerprint density at radius 2 is 1.21 bits per heavy atom. The third-order valence-corrected chi connectivity index (χ3v) is 8.70. The molecule has 57 heavy (non-hydrogen) atoms. The van der Waals surface area contributed by atoms with Gasteiger partial charge in [0.15, 0.2) is 5.69 Å². The number of carbonyl (C=O) groups excluding carboxylic acids is 1. The molecule has 0 aliphatic heterocycles. The van der Waals surface area contributed by atoms with E-state index in [9.17, 15) is 9.70 Å². The zero-order valence-electron chi connectivity index (χ0n) is 30.4. The number of benzene rings is 5. The first kappa shape index (κ1) is 41.1. The summed E-state index contributed by atoms with van der Waals surface area (Å²) in [5, 5.41) is 21.6. The standard InChI is InChI=1S/C23H19ClN6O2.C17H15ClN3O3.H2O/c1-32-20-12-10-19(11-13-20)30-22(15-2-4-16(24)5-3-15)14-21(28-30)23(31)26-17-6-8-18(9-7-17)27-29-25;1-23-16-8-6-15(7-9-16)21-17(10-14(19-21)11-24-20-22)12-2-4-13(18)5-3-12;/h2-14H,1H3,(H2,25,27)(H,26,31);2-10,20H,11H2,1H3;1H2/q;+1;/p-1. The number of amides is 1. The average molecular weight is 809 g/mol. The summed E-state index contributed by atoms with van der Waals surface area (Å²) < 4.78 is 13.9. The summed E-state index contributed by atoms with van der Waals surface area (Å²) in [4.78, 5) is 27.9. The molecule has 290 valence electrons. The van der Waals surface area contributed by atoms with Crippen molar-refractivity contribution in [2.24, 2.45) is 16.2 Å². The van der Waals surface area contributed by atoms with Gasteiger partial charge >= 0.3 is 0 Å². The van der Waals surface area contributed by atoms with Crippen molar-refractivity contribution in [3.8, 4) is 45.4 Å². The highest BCUT2D eigenvalue weighted by Gasteiger charge is 2.18. The van der Waals surface area contributed by atoms with Gasteiger partial charge in [0.05, 0.1) is 47.6 Å². The number of nitrogens with zero attached hydrogens (tertiary/aromatic N) is 6. The van der Waals surface area contributed by atoms with E-state index in [1.165, 1.54) is 5.34 Å². The first-order chi connectivity index (χ1) is 27.3. The van der Waals surface area contributed by atoms with Crippen LogP contribution in [0.4, 0.5) is 11.4 Å². The second-order valence-corrected chi connectivity index (χ2v) is 12.6. The van der Waals surface area contributed by atoms with Crippen molar-refractivity contribution in [1.29, 1.82) is 0 Å². The fourth-order valence-corrected chi connectivity index (χ4v) is 5.71. The summed E-state index contributed by atoms with van der Waals surface area (Å²) in [5.74, 6) is 6.20. The maximum Gasteiger partial charge on any atom is 0.276 e. The van der Waals surface area contributed by atoms with Crippen LogP contribution in [0.1, 0.15) is 16.2 Å². The van der Waals surface area contributed by atoms with Crippen molar-refractivity contribution in [3.63, 3.8) is 0 Å². The van der Waals surface area contributed by atoms with E-state index in [0.717, 1.165) is 45.4 Å². The summed E-state index contributed by atoms with van der Waals surface area (Å²) in [6, 6.07) is 40.2. The molecule has 0 fully saturated rings. The summed E-state index contributed by atoms with van der Waals surface area (Å²) in [6.07, 6.45) is 0. The maximum atomic E-state index is 12.9. The molecule has 17 heteroatoms. The number of anilines is 1. The largest absolute Gasteiger partial charge is 0.870 e. The van der Waals surface area contributed by atoms with E-state index in [2.05, 4.69) is 25.9 Å². The summed E-state index contributed by atoms with van der Waals surface area (Å²) in [7, 11) is 3.23. The van der Waals surface area contributed by atoms with Gasteiger partial charge in [-0.1, -0.05) is 52.7 Å². The minimum absolute atomic E-state index is 0. The molecule has 7 rings (SSSR count). The molecule has 1 amide bonds. The Morgan fingerprint density at radius 3 is 1.68 bits per heavy atom. The van der Waals surface area contributed by atoms with E-state index in [-0.39, 0.29) is 23.7 Å². The number of halogens is 2. The molecule has 0 aliphatic rings. The van der Waals surface area contributed by atoms with Crippen molar-refractivity contribution in [1.82, 2.24) is 19.6 Å². The smallest absolute Gasteiger partial charge is 0.276 e. The molecule has 0 unspecified atom stereocenters. The average Bonchev–Trinajstić information content (AvgIpc) is 3.88. The highest BCUT2D eigenvalue weighted by atomic mass is 35.5. The number of hydrogen-bond acceptors (Lipinski definition) is 10. The normalized spacial score (nSPS) is 10.5. The minimum atomic E-state index is -0.347. The van der Waals surface area contributed by atoms with Crippen LogP contribution in [0.3, 0.4) is 0 Å². The highest BCUT2D eigenvalue weighted by molar-refractivity contribution is 6.31. The number of methoxy groups -OCH3 is 2. The minimum Gasteiger partial charge on any atom is -0.870 e. The first-order valence-corrected chi connectivity index (χ1v) is 17.5. The molecule has 0 atom stereocenters. The van der Waals surface area contributed by atoms with Gasteiger partial charge in [-0.25, -0.2) is 14.2 Å². The third kappa shape index (κ3) is 10.4. The van der Waals surface area contributed by atoms with Crippen molar-refractivity contribution in [3.05, 3.63) is 160 Å². The lowest BCUT2D eigenvalue weighted by molar-refractivity contribution is -0.775. The van der Waals surface area contributed by atoms with Gasteiger partial charge in [-0.2, -0.15) is 10.2 Å². The molecule has 5 N–H and O–H groups in total. The topological polar surface area (TPSA) is 204 Å². The van der Waals surface area contributed by atoms with Crippen LogP contribution in [0, 0.1) is 4.91 Å². The number of carbonyl (C=O) groups is 1. The Balaban J connectivity index is 0.000000222. The third-order valence-electron chi connectivity index (χ3n) is 8.19. The Hall–Kier alpha value is -7.07. The number of rotatable bonds is 12. The van der Waals surface area contributed by atoms with E-state index < -0.39 is 0 Å². The van der Waals surface area contributed by atoms with Crippen LogP contribution in [0.25, 0.3) is 33.9 Å². The maximum absolute atomic E-state index is 12.9. The van der Waals surface area contributed by atoms with Gasteiger partial charge in [0.25, 0.3) is 5.91 Å². The van der Waals surface area contributed by atoms with Crippen molar-refractivity contribution >= 4 is 40.5 Å². The Labute approximate surface area is 336 Å². The Morgan fingerprint density at radius 1 is 0.719 bits per heavy atom. The molecule has 2 aromatic heterocycles. The summed E-state index contributed by atoms with van der Waals surface area (Å²) >= 11 is 12.0. The van der Waals surface area contributed by atoms with E-state index in [1.807, 2.05) is 91.0 Å². The fraction of sp³-hybridized carbons (Fsp3) is 0.0750. The molecular formula is C40H35Cl2N9O6. The SMILES string of the molecule is COc1ccc(-n2nc(C(=O)Nc3ccc(N=NN)cc3)cc2-c2ccc(Cl)cc2)cc1.COc1ccc(-n2nc(CO[NH+]=O)cc2-c2ccc(Cl)cc2)cc1.[OH-]. The van der Waals surface area contributed by atoms with E-state index in [1.54, 1.807) is 66.0 Å². The summed E-state index contributed by atoms with van der Waals surface area (Å²) in [5.41, 5.74) is 7.13. The van der Waals surface area contributed by atoms with E-state index >= 15 is 0 Å². The van der Waals surface area contributed by atoms with Crippen LogP contribution in [0.2, 0.25) is 10.0 Å². The molecule has 15 nitrogen and oxygen atoms in total. The van der Waals surface area contributed by atoms with Gasteiger partial charge in [-0.3, -0.25) is 4.79 Å². The monoisotopic (exact) mass is 807 g/mol. The molecule has 2 heterocycles. The predicted octanol–water partition coefficient (Wildman–Crippen LogP) is 7.71. The van der Waals surface area contributed by atoms with Crippen LogP contribution >= 0.6 is 23.2 Å². The quantitative estimate of drug-likeness (QED) is 0.0627. The molecule has 5 aromatic carbocycles. The molecular weight excluding hydrogens is 773 g/mol. The molecule has 0 bridgehead atoms. The molecule has 0 aliphatic carbocycles. The lowest BCUT2D eigenvalue weighted by Crippen LogP contribution is -2.62. The van der Waals surface area contributed by atoms with Gasteiger partial charge < -0.3 is 26.1 Å². The van der Waals surface area contributed by atoms with E-state index in [4.69, 9.17) is 43.4 Å². The molecule has 0 spiro atoms. The lowest BCUT2D eigenvalue weighted by Gasteiger charge is -2.08. The lowest BCUT2D eigenvalue weighted by atomic mass is 10.1. The zero-order valence-corrected chi connectivity index (χ0v) is 31.9. The fourth-order valence-electron chi connectivity index (χ4n) is 5.46. The van der Waals surface area contributed by atoms with E-state index in [0.29, 0.717) is 27.1 Å². The highest BCUT2D eigenvalue weighted by Crippen LogP contribution is 2.29. The van der Waals surface area contributed by atoms with Crippen LogP contribution < -0.4 is 26.0 Å². The predicted molar refractivity (Wildman–Crippen MR) is 215 cm³/mol. The van der Waals surface area contributed by atoms with Gasteiger partial charge in [-0.05, 0) is 109 Å². The van der Waals surface area contributed by atoms with Crippen LogP contribution in [-0.4, -0.2) is 45.2 Å². The van der Waals surface area contributed by atoms with Crippen molar-refractivity contribution < 1.29 is 29.9 Å². The zero-order chi connectivity index (χ0) is 39.4. The number of aromatic nitrogens is 4. The second kappa shape index (κ2) is 19.5. The van der Waals surface area contributed by atoms with Crippen LogP contribution in [0.5, 0.6) is 11.5 Å². The van der Waals surface area contributed by atoms with Gasteiger partial charge in [0.1, 0.15) is 17.2 Å². The van der Waals surface area contributed by atoms with Gasteiger partial charge in [0, 0.05) is 26.9 Å². The summed E-state index contributed by atoms with van der Waals surface area (Å²) in [6.45, 7) is 0.0627. The number of nitrogens with two attached hydrogens (primary N) is 1. The molecule has 7 aromatic rings. The van der Waals surface area contributed by atoms with Crippen LogP contribution in [0.15, 0.2) is 144 Å². The first-order valence-electron chi connectivity index (χ1n) is 16.8.